The highest BCUT2D eigenvalue weighted by molar-refractivity contribution is 7.99. The Balaban J connectivity index is 2.13. The molecule has 4 nitrogen and oxygen atoms in total. The first-order valence-corrected chi connectivity index (χ1v) is 11.7. The maximum Gasteiger partial charge on any atom is 0.242 e. The van der Waals surface area contributed by atoms with Crippen molar-refractivity contribution in [1.29, 1.82) is 0 Å². The predicted octanol–water partition coefficient (Wildman–Crippen LogP) is 5.06. The van der Waals surface area contributed by atoms with Crippen LogP contribution in [0.1, 0.15) is 44.7 Å². The highest BCUT2D eigenvalue weighted by Gasteiger charge is 2.28. The molecule has 0 saturated heterocycles. The zero-order valence-corrected chi connectivity index (χ0v) is 19.4. The van der Waals surface area contributed by atoms with Gasteiger partial charge in [0, 0.05) is 30.2 Å². The van der Waals surface area contributed by atoms with E-state index >= 15 is 0 Å². The second-order valence-corrected chi connectivity index (χ2v) is 9.09. The smallest absolute Gasteiger partial charge is 0.242 e. The Morgan fingerprint density at radius 1 is 1.03 bits per heavy atom. The lowest BCUT2D eigenvalue weighted by Crippen LogP contribution is -2.49. The molecule has 0 bridgehead atoms. The first-order chi connectivity index (χ1) is 14.4. The Kier molecular flexibility index (Phi) is 9.95. The van der Waals surface area contributed by atoms with Gasteiger partial charge in [0.2, 0.25) is 11.8 Å². The van der Waals surface area contributed by atoms with Crippen LogP contribution in [-0.2, 0) is 16.1 Å². The van der Waals surface area contributed by atoms with Crippen LogP contribution >= 0.6 is 11.8 Å². The summed E-state index contributed by atoms with van der Waals surface area (Å²) in [5.41, 5.74) is 2.21. The summed E-state index contributed by atoms with van der Waals surface area (Å²) in [7, 11) is 0. The average molecular weight is 427 g/mol. The van der Waals surface area contributed by atoms with Gasteiger partial charge >= 0.3 is 0 Å². The van der Waals surface area contributed by atoms with Crippen LogP contribution in [0.25, 0.3) is 0 Å². The number of hydrogen-bond acceptors (Lipinski definition) is 3. The molecule has 0 aliphatic heterocycles. The average Bonchev–Trinajstić information content (AvgIpc) is 2.74. The van der Waals surface area contributed by atoms with Crippen LogP contribution in [0.5, 0.6) is 0 Å². The van der Waals surface area contributed by atoms with Gasteiger partial charge in [0.15, 0.2) is 0 Å². The van der Waals surface area contributed by atoms with Crippen molar-refractivity contribution in [3.63, 3.8) is 0 Å². The molecular weight excluding hydrogens is 392 g/mol. The van der Waals surface area contributed by atoms with Crippen molar-refractivity contribution in [2.75, 3.05) is 12.3 Å². The van der Waals surface area contributed by atoms with E-state index in [0.717, 1.165) is 16.0 Å². The van der Waals surface area contributed by atoms with Crippen LogP contribution in [0, 0.1) is 12.8 Å². The first-order valence-electron chi connectivity index (χ1n) is 10.7. The van der Waals surface area contributed by atoms with E-state index in [-0.39, 0.29) is 11.8 Å². The molecule has 162 valence electrons. The van der Waals surface area contributed by atoms with Gasteiger partial charge in [-0.05, 0) is 42.5 Å². The van der Waals surface area contributed by atoms with Crippen molar-refractivity contribution in [1.82, 2.24) is 10.2 Å². The summed E-state index contributed by atoms with van der Waals surface area (Å²) in [4.78, 5) is 29.0. The number of carbonyl (C=O) groups excluding carboxylic acids is 2. The van der Waals surface area contributed by atoms with Crippen LogP contribution in [0.4, 0.5) is 0 Å². The zero-order valence-electron chi connectivity index (χ0n) is 18.6. The molecule has 2 amide bonds. The summed E-state index contributed by atoms with van der Waals surface area (Å²) >= 11 is 1.67. The number of rotatable bonds is 11. The molecule has 5 heteroatoms. The Hall–Kier alpha value is -2.27. The van der Waals surface area contributed by atoms with Gasteiger partial charge in [-0.1, -0.05) is 63.2 Å². The molecule has 30 heavy (non-hydrogen) atoms. The van der Waals surface area contributed by atoms with Crippen molar-refractivity contribution in [3.05, 3.63) is 65.7 Å². The number of nitrogens with one attached hydrogen (secondary N) is 1. The molecule has 2 aromatic rings. The van der Waals surface area contributed by atoms with Gasteiger partial charge in [0.05, 0.1) is 0 Å². The third-order valence-corrected chi connectivity index (χ3v) is 6.01. The fourth-order valence-electron chi connectivity index (χ4n) is 3.23. The summed E-state index contributed by atoms with van der Waals surface area (Å²) < 4.78 is 0. The second-order valence-electron chi connectivity index (χ2n) is 7.92. The highest BCUT2D eigenvalue weighted by Crippen LogP contribution is 2.21. The van der Waals surface area contributed by atoms with E-state index in [9.17, 15) is 9.59 Å². The Morgan fingerprint density at radius 3 is 2.33 bits per heavy atom. The molecule has 0 saturated carbocycles. The Labute approximate surface area is 185 Å². The van der Waals surface area contributed by atoms with Crippen molar-refractivity contribution < 1.29 is 9.59 Å². The lowest BCUT2D eigenvalue weighted by atomic mass is 10.1. The summed E-state index contributed by atoms with van der Waals surface area (Å²) in [6.45, 7) is 9.22. The minimum Gasteiger partial charge on any atom is -0.354 e. The minimum atomic E-state index is -0.461. The van der Waals surface area contributed by atoms with Gasteiger partial charge in [0.1, 0.15) is 6.04 Å². The van der Waals surface area contributed by atoms with Crippen molar-refractivity contribution in [3.8, 4) is 0 Å². The number of aryl methyl sites for hydroxylation is 1. The third-order valence-electron chi connectivity index (χ3n) is 5.00. The van der Waals surface area contributed by atoms with E-state index in [1.54, 1.807) is 16.7 Å². The number of thioether (sulfide) groups is 1. The van der Waals surface area contributed by atoms with Crippen LogP contribution in [0.15, 0.2) is 59.5 Å². The van der Waals surface area contributed by atoms with E-state index in [0.29, 0.717) is 37.6 Å². The quantitative estimate of drug-likeness (QED) is 0.511. The standard InChI is InChI=1S/C25H34N2O2S/c1-5-23(25(29)26-17-19(2)3)27(18-21-12-10-9-11-20(21)4)24(28)15-16-30-22-13-7-6-8-14-22/h6-14,19,23H,5,15-18H2,1-4H3,(H,26,29)/t23-/m0/s1. The molecule has 2 rings (SSSR count). The van der Waals surface area contributed by atoms with Crippen LogP contribution in [0.3, 0.4) is 0 Å². The molecule has 0 fully saturated rings. The monoisotopic (exact) mass is 426 g/mol. The van der Waals surface area contributed by atoms with Gasteiger partial charge in [-0.3, -0.25) is 9.59 Å². The fourth-order valence-corrected chi connectivity index (χ4v) is 4.09. The lowest BCUT2D eigenvalue weighted by molar-refractivity contribution is -0.141. The Morgan fingerprint density at radius 2 is 1.70 bits per heavy atom. The van der Waals surface area contributed by atoms with Crippen molar-refractivity contribution >= 4 is 23.6 Å². The number of carbonyl (C=O) groups is 2. The van der Waals surface area contributed by atoms with Crippen LogP contribution < -0.4 is 5.32 Å². The number of nitrogens with zero attached hydrogens (tertiary/aromatic N) is 1. The Bertz CT molecular complexity index is 808. The molecule has 1 N–H and O–H groups in total. The van der Waals surface area contributed by atoms with Crippen molar-refractivity contribution in [2.45, 2.75) is 58.0 Å². The molecule has 2 aromatic carbocycles. The summed E-state index contributed by atoms with van der Waals surface area (Å²) in [6, 6.07) is 17.7. The number of hydrogen-bond donors (Lipinski definition) is 1. The zero-order chi connectivity index (χ0) is 21.9. The number of benzene rings is 2. The van der Waals surface area contributed by atoms with E-state index in [1.165, 1.54) is 0 Å². The molecule has 1 atom stereocenters. The van der Waals surface area contributed by atoms with E-state index < -0.39 is 6.04 Å². The normalized spacial score (nSPS) is 11.9. The largest absolute Gasteiger partial charge is 0.354 e. The molecule has 0 aromatic heterocycles. The maximum absolute atomic E-state index is 13.2. The number of amides is 2. The first kappa shape index (κ1) is 24.0. The molecule has 0 aliphatic carbocycles. The highest BCUT2D eigenvalue weighted by atomic mass is 32.2. The van der Waals surface area contributed by atoms with Gasteiger partial charge in [-0.15, -0.1) is 11.8 Å². The summed E-state index contributed by atoms with van der Waals surface area (Å²) in [5, 5.41) is 3.01. The van der Waals surface area contributed by atoms with E-state index in [1.807, 2.05) is 56.3 Å². The lowest BCUT2D eigenvalue weighted by Gasteiger charge is -2.31. The van der Waals surface area contributed by atoms with Gasteiger partial charge in [-0.25, -0.2) is 0 Å². The second kappa shape index (κ2) is 12.4. The van der Waals surface area contributed by atoms with Crippen LogP contribution in [-0.4, -0.2) is 35.1 Å². The molecule has 0 unspecified atom stereocenters. The van der Waals surface area contributed by atoms with Gasteiger partial charge < -0.3 is 10.2 Å². The summed E-state index contributed by atoms with van der Waals surface area (Å²) in [5.74, 6) is 1.02. The fraction of sp³-hybridized carbons (Fsp3) is 0.440. The molecule has 0 heterocycles. The summed E-state index contributed by atoms with van der Waals surface area (Å²) in [6.07, 6.45) is 0.993. The van der Waals surface area contributed by atoms with Gasteiger partial charge in [0.25, 0.3) is 0 Å². The molecule has 0 spiro atoms. The topological polar surface area (TPSA) is 49.4 Å². The molecular formula is C25H34N2O2S. The SMILES string of the molecule is CC[C@@H](C(=O)NCC(C)C)N(Cc1ccccc1C)C(=O)CCSc1ccccc1. The minimum absolute atomic E-state index is 0.0215. The van der Waals surface area contributed by atoms with E-state index in [2.05, 4.69) is 31.3 Å². The molecule has 0 aliphatic rings. The molecule has 0 radical (unpaired) electrons. The van der Waals surface area contributed by atoms with Crippen LogP contribution in [0.2, 0.25) is 0 Å². The van der Waals surface area contributed by atoms with Crippen molar-refractivity contribution in [2.24, 2.45) is 5.92 Å². The van der Waals surface area contributed by atoms with Gasteiger partial charge in [-0.2, -0.15) is 0 Å². The predicted molar refractivity (Wildman–Crippen MR) is 125 cm³/mol. The maximum atomic E-state index is 13.2. The van der Waals surface area contributed by atoms with E-state index in [4.69, 9.17) is 0 Å². The third kappa shape index (κ3) is 7.52.